The second-order valence-corrected chi connectivity index (χ2v) is 9.69. The average Bonchev–Trinajstić information content (AvgIpc) is 3.10. The number of halogens is 1. The molecular formula is C18H18ClN5O8S2. The Kier molecular flexibility index (Phi) is 7.78. The molecule has 0 aliphatic carbocycles. The Morgan fingerprint density at radius 2 is 2.09 bits per heavy atom. The summed E-state index contributed by atoms with van der Waals surface area (Å²) in [5, 5.41) is 15.2. The number of anilines is 1. The SMILES string of the molecule is CO/N=C(\C(=O)N[C@@H]1C(=O)N2C(C(=O)O)=C(COC(=O)CC(C)=O)CS[C@@H]12)c1nc(N)sc1Cl. The minimum atomic E-state index is -1.40. The van der Waals surface area contributed by atoms with Crippen molar-refractivity contribution in [2.45, 2.75) is 24.8 Å². The van der Waals surface area contributed by atoms with Crippen molar-refractivity contribution in [3.63, 3.8) is 0 Å². The van der Waals surface area contributed by atoms with Crippen molar-refractivity contribution in [1.82, 2.24) is 15.2 Å². The van der Waals surface area contributed by atoms with Gasteiger partial charge in [-0.2, -0.15) is 0 Å². The minimum Gasteiger partial charge on any atom is -0.477 e. The third-order valence-electron chi connectivity index (χ3n) is 4.56. The minimum absolute atomic E-state index is 0.0239. The van der Waals surface area contributed by atoms with E-state index in [-0.39, 0.29) is 44.5 Å². The van der Waals surface area contributed by atoms with Crippen LogP contribution < -0.4 is 11.1 Å². The summed E-state index contributed by atoms with van der Waals surface area (Å²) >= 11 is 8.14. The van der Waals surface area contributed by atoms with E-state index in [0.29, 0.717) is 0 Å². The monoisotopic (exact) mass is 531 g/mol. The number of hydrogen-bond acceptors (Lipinski definition) is 12. The van der Waals surface area contributed by atoms with Crippen LogP contribution in [-0.4, -0.2) is 81.1 Å². The number of nitrogens with two attached hydrogens (primary N) is 1. The Bertz CT molecular complexity index is 1130. The number of carbonyl (C=O) groups excluding carboxylic acids is 4. The lowest BCUT2D eigenvalue weighted by Crippen LogP contribution is -2.71. The van der Waals surface area contributed by atoms with Crippen molar-refractivity contribution in [2.75, 3.05) is 25.2 Å². The summed E-state index contributed by atoms with van der Waals surface area (Å²) in [6, 6.07) is -1.06. The molecule has 1 aromatic heterocycles. The molecule has 2 aliphatic heterocycles. The lowest BCUT2D eigenvalue weighted by atomic mass is 10.0. The maximum Gasteiger partial charge on any atom is 0.352 e. The number of aliphatic carboxylic acids is 1. The van der Waals surface area contributed by atoms with E-state index in [1.165, 1.54) is 25.8 Å². The summed E-state index contributed by atoms with van der Waals surface area (Å²) in [5.41, 5.74) is 5.13. The van der Waals surface area contributed by atoms with Crippen LogP contribution >= 0.6 is 34.7 Å². The number of fused-ring (bicyclic) bond motifs is 1. The van der Waals surface area contributed by atoms with E-state index < -0.39 is 47.4 Å². The maximum atomic E-state index is 12.8. The highest BCUT2D eigenvalue weighted by molar-refractivity contribution is 8.00. The number of carbonyl (C=O) groups is 5. The summed E-state index contributed by atoms with van der Waals surface area (Å²) in [6.07, 6.45) is -0.442. The Balaban J connectivity index is 1.75. The van der Waals surface area contributed by atoms with Gasteiger partial charge in [0, 0.05) is 11.3 Å². The molecule has 1 fully saturated rings. The van der Waals surface area contributed by atoms with Crippen LogP contribution in [0.2, 0.25) is 4.34 Å². The predicted molar refractivity (Wildman–Crippen MR) is 121 cm³/mol. The number of ether oxygens (including phenoxy) is 1. The van der Waals surface area contributed by atoms with E-state index >= 15 is 0 Å². The Hall–Kier alpha value is -3.17. The molecule has 0 unspecified atom stereocenters. The topological polar surface area (TPSA) is 191 Å². The first kappa shape index (κ1) is 25.5. The average molecular weight is 532 g/mol. The number of amides is 2. The van der Waals surface area contributed by atoms with Gasteiger partial charge in [0.05, 0.1) is 0 Å². The van der Waals surface area contributed by atoms with Crippen molar-refractivity contribution < 1.29 is 38.7 Å². The first-order valence-corrected chi connectivity index (χ1v) is 11.7. The molecule has 0 radical (unpaired) electrons. The van der Waals surface area contributed by atoms with Crippen LogP contribution in [0.25, 0.3) is 0 Å². The van der Waals surface area contributed by atoms with Crippen LogP contribution in [0.5, 0.6) is 0 Å². The van der Waals surface area contributed by atoms with Gasteiger partial charge in [-0.15, -0.1) is 11.8 Å². The van der Waals surface area contributed by atoms with Gasteiger partial charge in [0.25, 0.3) is 11.8 Å². The van der Waals surface area contributed by atoms with Gasteiger partial charge in [0.15, 0.2) is 10.8 Å². The largest absolute Gasteiger partial charge is 0.477 e. The number of oxime groups is 1. The van der Waals surface area contributed by atoms with Crippen molar-refractivity contribution in [3.8, 4) is 0 Å². The van der Waals surface area contributed by atoms with Crippen LogP contribution in [0.4, 0.5) is 5.13 Å². The molecule has 0 saturated carbocycles. The molecule has 2 aliphatic rings. The summed E-state index contributed by atoms with van der Waals surface area (Å²) in [5.74, 6) is -3.99. The third kappa shape index (κ3) is 5.15. The van der Waals surface area contributed by atoms with Gasteiger partial charge in [0.1, 0.15) is 53.1 Å². The Labute approximate surface area is 205 Å². The van der Waals surface area contributed by atoms with Gasteiger partial charge in [-0.1, -0.05) is 28.1 Å². The quantitative estimate of drug-likeness (QED) is 0.128. The first-order chi connectivity index (χ1) is 16.0. The molecule has 182 valence electrons. The number of nitrogens with one attached hydrogen (secondary N) is 1. The fourth-order valence-electron chi connectivity index (χ4n) is 3.17. The Morgan fingerprint density at radius 3 is 2.65 bits per heavy atom. The number of thioether (sulfide) groups is 1. The van der Waals surface area contributed by atoms with Crippen molar-refractivity contribution in [2.24, 2.45) is 5.16 Å². The summed E-state index contributed by atoms with van der Waals surface area (Å²) in [7, 11) is 1.21. The molecular weight excluding hydrogens is 514 g/mol. The molecule has 3 heterocycles. The van der Waals surface area contributed by atoms with Crippen LogP contribution in [-0.2, 0) is 33.5 Å². The van der Waals surface area contributed by atoms with Crippen LogP contribution in [0.3, 0.4) is 0 Å². The highest BCUT2D eigenvalue weighted by Crippen LogP contribution is 2.40. The van der Waals surface area contributed by atoms with E-state index in [9.17, 15) is 29.1 Å². The lowest BCUT2D eigenvalue weighted by molar-refractivity contribution is -0.150. The van der Waals surface area contributed by atoms with Gasteiger partial charge < -0.3 is 25.7 Å². The fraction of sp³-hybridized carbons (Fsp3) is 0.389. The van der Waals surface area contributed by atoms with E-state index in [4.69, 9.17) is 22.1 Å². The molecule has 0 bridgehead atoms. The molecule has 13 nitrogen and oxygen atoms in total. The molecule has 0 aromatic carbocycles. The molecule has 1 aromatic rings. The number of esters is 1. The first-order valence-electron chi connectivity index (χ1n) is 9.44. The lowest BCUT2D eigenvalue weighted by Gasteiger charge is -2.49. The van der Waals surface area contributed by atoms with Gasteiger partial charge in [-0.3, -0.25) is 24.1 Å². The number of aromatic nitrogens is 1. The number of β-lactam (4-membered cyclic amide) rings is 1. The molecule has 2 amide bonds. The van der Waals surface area contributed by atoms with Crippen molar-refractivity contribution in [3.05, 3.63) is 21.3 Å². The van der Waals surface area contributed by atoms with Gasteiger partial charge in [-0.05, 0) is 6.92 Å². The fourth-order valence-corrected chi connectivity index (χ4v) is 5.43. The number of rotatable bonds is 9. The van der Waals surface area contributed by atoms with Crippen molar-refractivity contribution >= 4 is 75.1 Å². The van der Waals surface area contributed by atoms with E-state index in [2.05, 4.69) is 20.3 Å². The zero-order chi connectivity index (χ0) is 25.2. The molecule has 1 saturated heterocycles. The zero-order valence-corrected chi connectivity index (χ0v) is 20.1. The molecule has 16 heteroatoms. The van der Waals surface area contributed by atoms with Gasteiger partial charge in [0.2, 0.25) is 0 Å². The van der Waals surface area contributed by atoms with Crippen LogP contribution in [0.15, 0.2) is 16.4 Å². The molecule has 34 heavy (non-hydrogen) atoms. The number of hydrogen-bond donors (Lipinski definition) is 3. The maximum absolute atomic E-state index is 12.8. The number of nitrogen functional groups attached to an aromatic ring is 1. The third-order valence-corrected chi connectivity index (χ3v) is 6.98. The van der Waals surface area contributed by atoms with Gasteiger partial charge in [-0.25, -0.2) is 9.78 Å². The Morgan fingerprint density at radius 1 is 1.38 bits per heavy atom. The number of Topliss-reactive ketones (excluding diaryl/α,β-unsaturated/α-hetero) is 1. The summed E-state index contributed by atoms with van der Waals surface area (Å²) < 4.78 is 5.06. The number of thiazole rings is 1. The molecule has 0 spiro atoms. The zero-order valence-electron chi connectivity index (χ0n) is 17.7. The molecule has 3 rings (SSSR count). The molecule has 4 N–H and O–H groups in total. The van der Waals surface area contributed by atoms with Crippen LogP contribution in [0, 0.1) is 0 Å². The number of carboxylic acids is 1. The highest BCUT2D eigenvalue weighted by Gasteiger charge is 2.54. The molecule has 2 atom stereocenters. The van der Waals surface area contributed by atoms with Crippen LogP contribution in [0.1, 0.15) is 19.0 Å². The van der Waals surface area contributed by atoms with E-state index in [1.54, 1.807) is 0 Å². The van der Waals surface area contributed by atoms with Gasteiger partial charge >= 0.3 is 11.9 Å². The second-order valence-electron chi connectivity index (χ2n) is 6.95. The summed E-state index contributed by atoms with van der Waals surface area (Å²) in [6.45, 7) is 0.834. The number of nitrogens with zero attached hydrogens (tertiary/aromatic N) is 3. The number of carboxylic acid groups (broad SMARTS) is 1. The summed E-state index contributed by atoms with van der Waals surface area (Å²) in [4.78, 5) is 69.7. The second kappa shape index (κ2) is 10.4. The normalized spacial score (nSPS) is 19.8. The number of ketones is 1. The van der Waals surface area contributed by atoms with E-state index in [1.807, 2.05) is 0 Å². The predicted octanol–water partition coefficient (Wildman–Crippen LogP) is -0.00990. The van der Waals surface area contributed by atoms with E-state index in [0.717, 1.165) is 16.2 Å². The van der Waals surface area contributed by atoms with Crippen molar-refractivity contribution in [1.29, 1.82) is 0 Å². The standard InChI is InChI=1S/C18H18ClN5O8S2/c1-6(25)3-8(26)32-4-7-5-33-16-11(15(28)24(16)12(7)17(29)30)21-14(27)10(23-31-2)9-13(19)34-18(20)22-9/h11,16H,3-5H2,1-2H3,(H2,20,22)(H,21,27)(H,29,30)/b23-10-/t11-,16+/m1/s1. The smallest absolute Gasteiger partial charge is 0.352 e. The highest BCUT2D eigenvalue weighted by atomic mass is 35.5.